The summed E-state index contributed by atoms with van der Waals surface area (Å²) in [7, 11) is 0. The van der Waals surface area contributed by atoms with E-state index in [9.17, 15) is 9.50 Å². The van der Waals surface area contributed by atoms with E-state index in [4.69, 9.17) is 5.73 Å². The summed E-state index contributed by atoms with van der Waals surface area (Å²) in [6, 6.07) is 4.49. The predicted molar refractivity (Wildman–Crippen MR) is 66.7 cm³/mol. The van der Waals surface area contributed by atoms with Crippen LogP contribution in [0.3, 0.4) is 0 Å². The van der Waals surface area contributed by atoms with Crippen LogP contribution in [0.1, 0.15) is 24.4 Å². The third-order valence-electron chi connectivity index (χ3n) is 3.61. The van der Waals surface area contributed by atoms with Crippen molar-refractivity contribution in [3.8, 4) is 5.75 Å². The second-order valence-electron chi connectivity index (χ2n) is 5.02. The highest BCUT2D eigenvalue weighted by Gasteiger charge is 2.33. The Bertz CT molecular complexity index is 499. The number of aliphatic imine (C=N–C) groups is 1. The van der Waals surface area contributed by atoms with Gasteiger partial charge in [-0.05, 0) is 36.5 Å². The molecule has 0 aromatic heterocycles. The summed E-state index contributed by atoms with van der Waals surface area (Å²) in [6.45, 7) is 1.45. The highest BCUT2D eigenvalue weighted by atomic mass is 19.1. The molecule has 1 aromatic carbocycles. The van der Waals surface area contributed by atoms with Crippen LogP contribution in [0.4, 0.5) is 4.39 Å². The zero-order valence-electron chi connectivity index (χ0n) is 10.0. The van der Waals surface area contributed by atoms with Crippen molar-refractivity contribution in [1.82, 2.24) is 4.90 Å². The van der Waals surface area contributed by atoms with Gasteiger partial charge in [0.15, 0.2) is 17.5 Å². The summed E-state index contributed by atoms with van der Waals surface area (Å²) in [4.78, 5) is 6.29. The Hall–Kier alpha value is -1.78. The van der Waals surface area contributed by atoms with Crippen LogP contribution in [-0.2, 0) is 0 Å². The Morgan fingerprint density at radius 1 is 1.44 bits per heavy atom. The highest BCUT2D eigenvalue weighted by molar-refractivity contribution is 5.80. The van der Waals surface area contributed by atoms with Crippen LogP contribution in [0.25, 0.3) is 0 Å². The molecule has 18 heavy (non-hydrogen) atoms. The summed E-state index contributed by atoms with van der Waals surface area (Å²) >= 11 is 0. The number of rotatable bonds is 3. The van der Waals surface area contributed by atoms with E-state index < -0.39 is 5.82 Å². The molecule has 1 aliphatic carbocycles. The SMILES string of the molecule is NC1=NCC(c2ccc(O)c(F)c2)N1CC1CC1. The monoisotopic (exact) mass is 249 g/mol. The maximum atomic E-state index is 13.4. The van der Waals surface area contributed by atoms with Gasteiger partial charge in [-0.3, -0.25) is 4.99 Å². The molecule has 2 aliphatic rings. The summed E-state index contributed by atoms with van der Waals surface area (Å²) in [5.74, 6) is 0.324. The number of hydrogen-bond donors (Lipinski definition) is 2. The molecule has 1 atom stereocenters. The lowest BCUT2D eigenvalue weighted by atomic mass is 10.1. The average molecular weight is 249 g/mol. The van der Waals surface area contributed by atoms with E-state index in [1.807, 2.05) is 4.90 Å². The average Bonchev–Trinajstić information content (AvgIpc) is 3.09. The van der Waals surface area contributed by atoms with Gasteiger partial charge in [-0.2, -0.15) is 0 Å². The van der Waals surface area contributed by atoms with Crippen LogP contribution >= 0.6 is 0 Å². The summed E-state index contributed by atoms with van der Waals surface area (Å²) < 4.78 is 13.4. The third kappa shape index (κ3) is 2.00. The summed E-state index contributed by atoms with van der Waals surface area (Å²) in [6.07, 6.45) is 2.47. The van der Waals surface area contributed by atoms with E-state index in [0.717, 1.165) is 12.1 Å². The van der Waals surface area contributed by atoms with Crippen molar-refractivity contribution in [2.24, 2.45) is 16.6 Å². The fourth-order valence-corrected chi connectivity index (χ4v) is 2.34. The van der Waals surface area contributed by atoms with Gasteiger partial charge in [0.05, 0.1) is 12.6 Å². The van der Waals surface area contributed by atoms with Crippen LogP contribution in [0, 0.1) is 11.7 Å². The topological polar surface area (TPSA) is 61.9 Å². The van der Waals surface area contributed by atoms with Gasteiger partial charge in [0.25, 0.3) is 0 Å². The number of halogens is 1. The first-order valence-corrected chi connectivity index (χ1v) is 6.20. The van der Waals surface area contributed by atoms with E-state index in [-0.39, 0.29) is 11.8 Å². The maximum Gasteiger partial charge on any atom is 0.191 e. The first-order chi connectivity index (χ1) is 8.65. The molecule has 4 nitrogen and oxygen atoms in total. The molecule has 0 bridgehead atoms. The lowest BCUT2D eigenvalue weighted by Crippen LogP contribution is -2.37. The molecule has 5 heteroatoms. The van der Waals surface area contributed by atoms with Crippen molar-refractivity contribution in [2.45, 2.75) is 18.9 Å². The van der Waals surface area contributed by atoms with Crippen LogP contribution in [-0.4, -0.2) is 29.1 Å². The maximum absolute atomic E-state index is 13.4. The zero-order chi connectivity index (χ0) is 12.7. The van der Waals surface area contributed by atoms with E-state index in [1.165, 1.54) is 25.0 Å². The van der Waals surface area contributed by atoms with Crippen molar-refractivity contribution in [2.75, 3.05) is 13.1 Å². The molecule has 96 valence electrons. The lowest BCUT2D eigenvalue weighted by molar-refractivity contribution is 0.332. The van der Waals surface area contributed by atoms with Crippen LogP contribution < -0.4 is 5.73 Å². The molecule has 1 aromatic rings. The molecule has 1 unspecified atom stereocenters. The second kappa shape index (κ2) is 4.15. The predicted octanol–water partition coefficient (Wildman–Crippen LogP) is 1.61. The Kier molecular flexibility index (Phi) is 2.61. The molecule has 1 aliphatic heterocycles. The molecule has 1 saturated carbocycles. The van der Waals surface area contributed by atoms with E-state index in [2.05, 4.69) is 4.99 Å². The van der Waals surface area contributed by atoms with Gasteiger partial charge in [0, 0.05) is 6.54 Å². The number of nitrogens with zero attached hydrogens (tertiary/aromatic N) is 2. The number of hydrogen-bond acceptors (Lipinski definition) is 4. The molecule has 1 heterocycles. The standard InChI is InChI=1S/C13H16FN3O/c14-10-5-9(3-4-12(10)18)11-6-16-13(15)17(11)7-8-1-2-8/h3-5,8,11,18H,1-2,6-7H2,(H2,15,16). The van der Waals surface area contributed by atoms with Crippen molar-refractivity contribution < 1.29 is 9.50 Å². The van der Waals surface area contributed by atoms with E-state index >= 15 is 0 Å². The minimum absolute atomic E-state index is 0.000648. The quantitative estimate of drug-likeness (QED) is 0.855. The highest BCUT2D eigenvalue weighted by Crippen LogP contribution is 2.35. The fourth-order valence-electron chi connectivity index (χ4n) is 2.34. The van der Waals surface area contributed by atoms with Crippen LogP contribution in [0.15, 0.2) is 23.2 Å². The van der Waals surface area contributed by atoms with Crippen molar-refractivity contribution >= 4 is 5.96 Å². The number of benzene rings is 1. The Balaban J connectivity index is 1.83. The molecular weight excluding hydrogens is 233 g/mol. The van der Waals surface area contributed by atoms with E-state index in [1.54, 1.807) is 6.07 Å². The number of phenols is 1. The summed E-state index contributed by atoms with van der Waals surface area (Å²) in [5.41, 5.74) is 6.70. The molecule has 0 spiro atoms. The number of guanidine groups is 1. The smallest absolute Gasteiger partial charge is 0.191 e. The molecule has 3 rings (SSSR count). The molecule has 1 fully saturated rings. The zero-order valence-corrected chi connectivity index (χ0v) is 10.0. The first-order valence-electron chi connectivity index (χ1n) is 6.20. The number of aromatic hydroxyl groups is 1. The van der Waals surface area contributed by atoms with Gasteiger partial charge in [-0.1, -0.05) is 6.07 Å². The third-order valence-corrected chi connectivity index (χ3v) is 3.61. The molecule has 0 radical (unpaired) electrons. The fraction of sp³-hybridized carbons (Fsp3) is 0.462. The first kappa shape index (κ1) is 11.3. The van der Waals surface area contributed by atoms with Gasteiger partial charge >= 0.3 is 0 Å². The molecule has 3 N–H and O–H groups in total. The lowest BCUT2D eigenvalue weighted by Gasteiger charge is -2.26. The van der Waals surface area contributed by atoms with E-state index in [0.29, 0.717) is 18.4 Å². The normalized spacial score (nSPS) is 23.3. The van der Waals surface area contributed by atoms with Crippen molar-refractivity contribution in [3.63, 3.8) is 0 Å². The summed E-state index contributed by atoms with van der Waals surface area (Å²) in [5, 5.41) is 9.22. The molecule has 0 amide bonds. The van der Waals surface area contributed by atoms with Crippen LogP contribution in [0.2, 0.25) is 0 Å². The van der Waals surface area contributed by atoms with Gasteiger partial charge in [-0.15, -0.1) is 0 Å². The second-order valence-corrected chi connectivity index (χ2v) is 5.02. The van der Waals surface area contributed by atoms with Crippen molar-refractivity contribution in [1.29, 1.82) is 0 Å². The van der Waals surface area contributed by atoms with Gasteiger partial charge in [0.2, 0.25) is 0 Å². The number of nitrogens with two attached hydrogens (primary N) is 1. The minimum Gasteiger partial charge on any atom is -0.505 e. The largest absolute Gasteiger partial charge is 0.505 e. The molecule has 0 saturated heterocycles. The van der Waals surface area contributed by atoms with Gasteiger partial charge < -0.3 is 15.7 Å². The molecular formula is C13H16FN3O. The van der Waals surface area contributed by atoms with Crippen molar-refractivity contribution in [3.05, 3.63) is 29.6 Å². The minimum atomic E-state index is -0.593. The Labute approximate surface area is 105 Å². The van der Waals surface area contributed by atoms with Gasteiger partial charge in [-0.25, -0.2) is 4.39 Å². The Morgan fingerprint density at radius 3 is 2.89 bits per heavy atom. The van der Waals surface area contributed by atoms with Gasteiger partial charge in [0.1, 0.15) is 0 Å². The Morgan fingerprint density at radius 2 is 2.22 bits per heavy atom. The van der Waals surface area contributed by atoms with Crippen LogP contribution in [0.5, 0.6) is 5.75 Å². The number of phenolic OH excluding ortho intramolecular Hbond substituents is 1.